The normalized spacial score (nSPS) is 11.0. The predicted molar refractivity (Wildman–Crippen MR) is 60.7 cm³/mol. The zero-order valence-corrected chi connectivity index (χ0v) is 9.53. The molecule has 0 aliphatic carbocycles. The van der Waals surface area contributed by atoms with Gasteiger partial charge in [-0.1, -0.05) is 18.2 Å². The molecule has 0 saturated heterocycles. The summed E-state index contributed by atoms with van der Waals surface area (Å²) in [6, 6.07) is 7.57. The van der Waals surface area contributed by atoms with Crippen molar-refractivity contribution in [1.82, 2.24) is 5.32 Å². The SMILES string of the molecule is NC(=O)NCCCS(=O)(=O)c1ccccc1. The van der Waals surface area contributed by atoms with E-state index in [-0.39, 0.29) is 12.3 Å². The molecule has 1 aromatic rings. The molecule has 0 unspecified atom stereocenters. The van der Waals surface area contributed by atoms with E-state index in [1.807, 2.05) is 0 Å². The quantitative estimate of drug-likeness (QED) is 0.737. The maximum Gasteiger partial charge on any atom is 0.312 e. The van der Waals surface area contributed by atoms with Crippen molar-refractivity contribution >= 4 is 15.9 Å². The van der Waals surface area contributed by atoms with Crippen LogP contribution in [-0.4, -0.2) is 26.7 Å². The first kappa shape index (κ1) is 12.5. The summed E-state index contributed by atoms with van der Waals surface area (Å²) in [5.41, 5.74) is 4.85. The molecule has 0 aromatic heterocycles. The van der Waals surface area contributed by atoms with Gasteiger partial charge in [0.05, 0.1) is 10.6 Å². The average molecular weight is 242 g/mol. The number of hydrogen-bond acceptors (Lipinski definition) is 3. The van der Waals surface area contributed by atoms with E-state index in [9.17, 15) is 13.2 Å². The third-order valence-electron chi connectivity index (χ3n) is 1.99. The number of carbonyl (C=O) groups is 1. The van der Waals surface area contributed by atoms with Crippen LogP contribution >= 0.6 is 0 Å². The molecule has 88 valence electrons. The topological polar surface area (TPSA) is 89.3 Å². The van der Waals surface area contributed by atoms with Crippen LogP contribution in [0.15, 0.2) is 35.2 Å². The summed E-state index contributed by atoms with van der Waals surface area (Å²) >= 11 is 0. The third-order valence-corrected chi connectivity index (χ3v) is 3.81. The zero-order valence-electron chi connectivity index (χ0n) is 8.72. The van der Waals surface area contributed by atoms with Gasteiger partial charge in [0.15, 0.2) is 9.84 Å². The van der Waals surface area contributed by atoms with E-state index in [1.165, 1.54) is 0 Å². The molecular formula is C10H14N2O3S. The second kappa shape index (κ2) is 5.50. The average Bonchev–Trinajstić information content (AvgIpc) is 2.26. The second-order valence-electron chi connectivity index (χ2n) is 3.28. The molecule has 0 radical (unpaired) electrons. The Balaban J connectivity index is 2.51. The minimum atomic E-state index is -3.25. The van der Waals surface area contributed by atoms with E-state index in [2.05, 4.69) is 5.32 Å². The molecule has 5 nitrogen and oxygen atoms in total. The van der Waals surface area contributed by atoms with Gasteiger partial charge in [0, 0.05) is 6.54 Å². The second-order valence-corrected chi connectivity index (χ2v) is 5.39. The number of nitrogens with two attached hydrogens (primary N) is 1. The third kappa shape index (κ3) is 3.90. The number of urea groups is 1. The summed E-state index contributed by atoms with van der Waals surface area (Å²) in [5, 5.41) is 2.34. The maximum atomic E-state index is 11.7. The van der Waals surface area contributed by atoms with Crippen LogP contribution in [0.25, 0.3) is 0 Å². The minimum Gasteiger partial charge on any atom is -0.352 e. The van der Waals surface area contributed by atoms with Crippen molar-refractivity contribution in [3.8, 4) is 0 Å². The van der Waals surface area contributed by atoms with Gasteiger partial charge in [-0.05, 0) is 18.6 Å². The van der Waals surface area contributed by atoms with E-state index < -0.39 is 15.9 Å². The van der Waals surface area contributed by atoms with Crippen LogP contribution in [-0.2, 0) is 9.84 Å². The van der Waals surface area contributed by atoms with Gasteiger partial charge in [-0.3, -0.25) is 0 Å². The lowest BCUT2D eigenvalue weighted by Crippen LogP contribution is -2.30. The van der Waals surface area contributed by atoms with E-state index >= 15 is 0 Å². The van der Waals surface area contributed by atoms with Crippen LogP contribution in [0.4, 0.5) is 4.79 Å². The molecule has 0 heterocycles. The van der Waals surface area contributed by atoms with Crippen molar-refractivity contribution in [2.24, 2.45) is 5.73 Å². The summed E-state index contributed by atoms with van der Waals surface area (Å²) in [4.78, 5) is 10.7. The fourth-order valence-electron chi connectivity index (χ4n) is 1.22. The number of rotatable bonds is 5. The van der Waals surface area contributed by atoms with Crippen LogP contribution in [0.3, 0.4) is 0 Å². The smallest absolute Gasteiger partial charge is 0.312 e. The Morgan fingerprint density at radius 1 is 1.25 bits per heavy atom. The van der Waals surface area contributed by atoms with Crippen molar-refractivity contribution in [3.63, 3.8) is 0 Å². The van der Waals surface area contributed by atoms with Crippen molar-refractivity contribution < 1.29 is 13.2 Å². The van der Waals surface area contributed by atoms with Gasteiger partial charge in [-0.2, -0.15) is 0 Å². The monoisotopic (exact) mass is 242 g/mol. The summed E-state index contributed by atoms with van der Waals surface area (Å²) in [5.74, 6) is -0.00269. The van der Waals surface area contributed by atoms with Crippen molar-refractivity contribution in [2.75, 3.05) is 12.3 Å². The molecule has 1 aromatic carbocycles. The van der Waals surface area contributed by atoms with E-state index in [0.29, 0.717) is 11.3 Å². The van der Waals surface area contributed by atoms with Crippen molar-refractivity contribution in [1.29, 1.82) is 0 Å². The zero-order chi connectivity index (χ0) is 12.0. The number of sulfone groups is 1. The lowest BCUT2D eigenvalue weighted by Gasteiger charge is -2.04. The summed E-state index contributed by atoms with van der Waals surface area (Å²) in [7, 11) is -3.25. The number of carbonyl (C=O) groups excluding carboxylic acids is 1. The molecule has 0 spiro atoms. The van der Waals surface area contributed by atoms with E-state index in [1.54, 1.807) is 30.3 Å². The Hall–Kier alpha value is -1.56. The van der Waals surface area contributed by atoms with Gasteiger partial charge in [0.25, 0.3) is 0 Å². The van der Waals surface area contributed by atoms with Crippen LogP contribution in [0.5, 0.6) is 0 Å². The number of benzene rings is 1. The molecule has 6 heteroatoms. The van der Waals surface area contributed by atoms with Crippen LogP contribution < -0.4 is 11.1 Å². The van der Waals surface area contributed by atoms with E-state index in [4.69, 9.17) is 5.73 Å². The van der Waals surface area contributed by atoms with Crippen LogP contribution in [0.2, 0.25) is 0 Å². The van der Waals surface area contributed by atoms with Gasteiger partial charge in [0.1, 0.15) is 0 Å². The summed E-state index contributed by atoms with van der Waals surface area (Å²) < 4.78 is 23.5. The highest BCUT2D eigenvalue weighted by molar-refractivity contribution is 7.91. The van der Waals surface area contributed by atoms with Crippen molar-refractivity contribution in [3.05, 3.63) is 30.3 Å². The molecule has 3 N–H and O–H groups in total. The number of hydrogen-bond donors (Lipinski definition) is 2. The highest BCUT2D eigenvalue weighted by Crippen LogP contribution is 2.10. The first-order valence-corrected chi connectivity index (χ1v) is 6.49. The van der Waals surface area contributed by atoms with E-state index in [0.717, 1.165) is 0 Å². The standard InChI is InChI=1S/C10H14N2O3S/c11-10(13)12-7-4-8-16(14,15)9-5-2-1-3-6-9/h1-3,5-6H,4,7-8H2,(H3,11,12,13). The summed E-state index contributed by atoms with van der Waals surface area (Å²) in [6.07, 6.45) is 0.347. The Bertz CT molecular complexity index is 442. The van der Waals surface area contributed by atoms with Crippen LogP contribution in [0, 0.1) is 0 Å². The molecule has 0 aliphatic heterocycles. The maximum absolute atomic E-state index is 11.7. The first-order valence-electron chi connectivity index (χ1n) is 4.83. The van der Waals surface area contributed by atoms with Gasteiger partial charge >= 0.3 is 6.03 Å². The molecule has 0 saturated carbocycles. The Morgan fingerprint density at radius 2 is 1.88 bits per heavy atom. The molecule has 0 bridgehead atoms. The predicted octanol–water partition coefficient (Wildman–Crippen LogP) is 0.519. The molecule has 0 fully saturated rings. The lowest BCUT2D eigenvalue weighted by atomic mass is 10.4. The highest BCUT2D eigenvalue weighted by atomic mass is 32.2. The minimum absolute atomic E-state index is 0.00269. The molecule has 16 heavy (non-hydrogen) atoms. The first-order chi connectivity index (χ1) is 7.52. The molecular weight excluding hydrogens is 228 g/mol. The fraction of sp³-hybridized carbons (Fsp3) is 0.300. The Kier molecular flexibility index (Phi) is 4.30. The lowest BCUT2D eigenvalue weighted by molar-refractivity contribution is 0.249. The Morgan fingerprint density at radius 3 is 2.44 bits per heavy atom. The number of amides is 2. The number of nitrogens with one attached hydrogen (secondary N) is 1. The van der Waals surface area contributed by atoms with Crippen molar-refractivity contribution in [2.45, 2.75) is 11.3 Å². The van der Waals surface area contributed by atoms with Crippen LogP contribution in [0.1, 0.15) is 6.42 Å². The van der Waals surface area contributed by atoms with Gasteiger partial charge in [0.2, 0.25) is 0 Å². The molecule has 1 rings (SSSR count). The summed E-state index contributed by atoms with van der Waals surface area (Å²) in [6.45, 7) is 0.265. The van der Waals surface area contributed by atoms with Gasteiger partial charge < -0.3 is 11.1 Å². The van der Waals surface area contributed by atoms with Gasteiger partial charge in [-0.25, -0.2) is 13.2 Å². The largest absolute Gasteiger partial charge is 0.352 e. The fourth-order valence-corrected chi connectivity index (χ4v) is 2.55. The number of primary amides is 1. The Labute approximate surface area is 94.6 Å². The van der Waals surface area contributed by atoms with Gasteiger partial charge in [-0.15, -0.1) is 0 Å². The molecule has 0 aliphatic rings. The molecule has 0 atom stereocenters. The molecule has 2 amide bonds. The highest BCUT2D eigenvalue weighted by Gasteiger charge is 2.12.